The van der Waals surface area contributed by atoms with Crippen molar-refractivity contribution >= 4 is 12.1 Å². The molecule has 40 heavy (non-hydrogen) atoms. The molecule has 5 aromatic rings. The highest BCUT2D eigenvalue weighted by molar-refractivity contribution is 5.95. The predicted molar refractivity (Wildman–Crippen MR) is 157 cm³/mol. The summed E-state index contributed by atoms with van der Waals surface area (Å²) in [5, 5.41) is 9.05. The second kappa shape index (κ2) is 13.1. The Morgan fingerprint density at radius 2 is 1.50 bits per heavy atom. The number of nitrogens with one attached hydrogen (secondary N) is 1. The number of hydrogen-bond acceptors (Lipinski definition) is 5. The number of benzene rings is 4. The monoisotopic (exact) mass is 530 g/mol. The molecule has 0 atom stereocenters. The van der Waals surface area contributed by atoms with Crippen LogP contribution < -0.4 is 14.9 Å². The standard InChI is InChI=1S/C33H30N4O3/c1-2-21-39-30-19-15-27(16-20-30)33(38)35-34-22-28-23-37(29-11-7-4-8-12-29)36-32(28)26-13-17-31(18-14-26)40-24-25-9-5-3-6-10-25/h3-20,22-23H,2,21,24H2,1H3,(H,35,38)/b34-22+. The quantitative estimate of drug-likeness (QED) is 0.153. The highest BCUT2D eigenvalue weighted by Crippen LogP contribution is 2.25. The van der Waals surface area contributed by atoms with E-state index in [0.717, 1.165) is 46.0 Å². The topological polar surface area (TPSA) is 77.7 Å². The third kappa shape index (κ3) is 6.82. The minimum absolute atomic E-state index is 0.310. The van der Waals surface area contributed by atoms with Crippen LogP contribution in [0.5, 0.6) is 11.5 Å². The van der Waals surface area contributed by atoms with Gasteiger partial charge in [-0.15, -0.1) is 0 Å². The van der Waals surface area contributed by atoms with Gasteiger partial charge in [-0.1, -0.05) is 55.5 Å². The first-order chi connectivity index (χ1) is 19.7. The predicted octanol–water partition coefficient (Wildman–Crippen LogP) is 6.67. The first kappa shape index (κ1) is 26.4. The molecule has 4 aromatic carbocycles. The van der Waals surface area contributed by atoms with E-state index in [9.17, 15) is 4.79 Å². The average molecular weight is 531 g/mol. The van der Waals surface area contributed by atoms with Crippen LogP contribution in [0.15, 0.2) is 120 Å². The Morgan fingerprint density at radius 3 is 2.20 bits per heavy atom. The molecule has 1 heterocycles. The van der Waals surface area contributed by atoms with E-state index in [2.05, 4.69) is 10.5 Å². The van der Waals surface area contributed by atoms with Crippen molar-refractivity contribution in [3.8, 4) is 28.4 Å². The molecule has 1 amide bonds. The Kier molecular flexibility index (Phi) is 8.63. The second-order valence-corrected chi connectivity index (χ2v) is 9.08. The van der Waals surface area contributed by atoms with E-state index in [0.29, 0.717) is 18.8 Å². The number of para-hydroxylation sites is 1. The highest BCUT2D eigenvalue weighted by Gasteiger charge is 2.12. The Morgan fingerprint density at radius 1 is 0.850 bits per heavy atom. The number of ether oxygens (including phenoxy) is 2. The summed E-state index contributed by atoms with van der Waals surface area (Å²) in [7, 11) is 0. The summed E-state index contributed by atoms with van der Waals surface area (Å²) in [4.78, 5) is 12.6. The van der Waals surface area contributed by atoms with Gasteiger partial charge in [0.25, 0.3) is 5.91 Å². The fraction of sp³-hybridized carbons (Fsp3) is 0.121. The maximum Gasteiger partial charge on any atom is 0.271 e. The number of hydrazone groups is 1. The summed E-state index contributed by atoms with van der Waals surface area (Å²) < 4.78 is 13.3. The van der Waals surface area contributed by atoms with Crippen molar-refractivity contribution < 1.29 is 14.3 Å². The van der Waals surface area contributed by atoms with Gasteiger partial charge in [-0.05, 0) is 72.6 Å². The van der Waals surface area contributed by atoms with Gasteiger partial charge in [0.2, 0.25) is 0 Å². The number of nitrogens with zero attached hydrogens (tertiary/aromatic N) is 3. The normalized spacial score (nSPS) is 10.9. The summed E-state index contributed by atoms with van der Waals surface area (Å²) in [5.41, 5.74) is 7.51. The van der Waals surface area contributed by atoms with Crippen molar-refractivity contribution in [2.45, 2.75) is 20.0 Å². The SMILES string of the molecule is CCCOc1ccc(C(=O)N/N=C/c2cn(-c3ccccc3)nc2-c2ccc(OCc3ccccc3)cc2)cc1. The zero-order valence-electron chi connectivity index (χ0n) is 22.2. The fourth-order valence-corrected chi connectivity index (χ4v) is 4.02. The average Bonchev–Trinajstić information content (AvgIpc) is 3.44. The minimum atomic E-state index is -0.310. The molecule has 0 bridgehead atoms. The molecular weight excluding hydrogens is 500 g/mol. The third-order valence-corrected chi connectivity index (χ3v) is 6.10. The largest absolute Gasteiger partial charge is 0.494 e. The Balaban J connectivity index is 1.32. The van der Waals surface area contributed by atoms with Crippen LogP contribution >= 0.6 is 0 Å². The first-order valence-corrected chi connectivity index (χ1v) is 13.2. The molecule has 0 aliphatic heterocycles. The van der Waals surface area contributed by atoms with Gasteiger partial charge in [0.1, 0.15) is 23.8 Å². The summed E-state index contributed by atoms with van der Waals surface area (Å²) >= 11 is 0. The van der Waals surface area contributed by atoms with Gasteiger partial charge in [0.15, 0.2) is 0 Å². The number of aromatic nitrogens is 2. The molecule has 5 rings (SSSR count). The van der Waals surface area contributed by atoms with Crippen LogP contribution in [0.3, 0.4) is 0 Å². The first-order valence-electron chi connectivity index (χ1n) is 13.2. The molecule has 0 fully saturated rings. The second-order valence-electron chi connectivity index (χ2n) is 9.08. The van der Waals surface area contributed by atoms with Crippen molar-refractivity contribution in [1.29, 1.82) is 0 Å². The van der Waals surface area contributed by atoms with Crippen LogP contribution in [0.2, 0.25) is 0 Å². The molecule has 7 heteroatoms. The number of carbonyl (C=O) groups is 1. The molecule has 0 radical (unpaired) electrons. The summed E-state index contributed by atoms with van der Waals surface area (Å²) in [5.74, 6) is 1.19. The van der Waals surface area contributed by atoms with Crippen molar-refractivity contribution in [2.24, 2.45) is 5.10 Å². The molecule has 0 saturated carbocycles. The van der Waals surface area contributed by atoms with Gasteiger partial charge < -0.3 is 9.47 Å². The number of carbonyl (C=O) groups excluding carboxylic acids is 1. The van der Waals surface area contributed by atoms with Gasteiger partial charge in [0, 0.05) is 22.9 Å². The zero-order chi connectivity index (χ0) is 27.6. The van der Waals surface area contributed by atoms with Crippen LogP contribution in [0.1, 0.15) is 34.8 Å². The lowest BCUT2D eigenvalue weighted by Gasteiger charge is -2.07. The Bertz CT molecular complexity index is 1550. The summed E-state index contributed by atoms with van der Waals surface area (Å²) in [6, 6.07) is 34.7. The van der Waals surface area contributed by atoms with Gasteiger partial charge in [-0.25, -0.2) is 10.1 Å². The van der Waals surface area contributed by atoms with Crippen LogP contribution in [-0.2, 0) is 6.61 Å². The molecule has 0 unspecified atom stereocenters. The molecule has 1 N–H and O–H groups in total. The highest BCUT2D eigenvalue weighted by atomic mass is 16.5. The smallest absolute Gasteiger partial charge is 0.271 e. The van der Waals surface area contributed by atoms with E-state index >= 15 is 0 Å². The van der Waals surface area contributed by atoms with E-state index in [4.69, 9.17) is 14.6 Å². The summed E-state index contributed by atoms with van der Waals surface area (Å²) in [6.45, 7) is 3.18. The molecule has 0 spiro atoms. The van der Waals surface area contributed by atoms with Crippen LogP contribution in [0.25, 0.3) is 16.9 Å². The lowest BCUT2D eigenvalue weighted by atomic mass is 10.1. The molecule has 1 aromatic heterocycles. The van der Waals surface area contributed by atoms with E-state index < -0.39 is 0 Å². The maximum atomic E-state index is 12.6. The number of hydrogen-bond donors (Lipinski definition) is 1. The van der Waals surface area contributed by atoms with Crippen LogP contribution in [0, 0.1) is 0 Å². The van der Waals surface area contributed by atoms with E-state index in [1.807, 2.05) is 98.0 Å². The molecular formula is C33H30N4O3. The van der Waals surface area contributed by atoms with Gasteiger partial charge in [-0.2, -0.15) is 10.2 Å². The van der Waals surface area contributed by atoms with E-state index in [1.54, 1.807) is 35.2 Å². The minimum Gasteiger partial charge on any atom is -0.494 e. The fourth-order valence-electron chi connectivity index (χ4n) is 4.02. The van der Waals surface area contributed by atoms with Crippen molar-refractivity contribution in [3.63, 3.8) is 0 Å². The lowest BCUT2D eigenvalue weighted by Crippen LogP contribution is -2.17. The Labute approximate surface area is 233 Å². The van der Waals surface area contributed by atoms with E-state index in [-0.39, 0.29) is 5.91 Å². The van der Waals surface area contributed by atoms with Crippen LogP contribution in [-0.4, -0.2) is 28.5 Å². The molecule has 0 saturated heterocycles. The van der Waals surface area contributed by atoms with Crippen molar-refractivity contribution in [1.82, 2.24) is 15.2 Å². The molecule has 0 aliphatic rings. The summed E-state index contributed by atoms with van der Waals surface area (Å²) in [6.07, 6.45) is 4.42. The molecule has 0 aliphatic carbocycles. The van der Waals surface area contributed by atoms with Gasteiger partial charge in [0.05, 0.1) is 18.5 Å². The number of amides is 1. The third-order valence-electron chi connectivity index (χ3n) is 6.10. The van der Waals surface area contributed by atoms with Gasteiger partial charge >= 0.3 is 0 Å². The van der Waals surface area contributed by atoms with Crippen molar-refractivity contribution in [2.75, 3.05) is 6.61 Å². The maximum absolute atomic E-state index is 12.6. The lowest BCUT2D eigenvalue weighted by molar-refractivity contribution is 0.0955. The van der Waals surface area contributed by atoms with Crippen LogP contribution in [0.4, 0.5) is 0 Å². The van der Waals surface area contributed by atoms with Gasteiger partial charge in [-0.3, -0.25) is 4.79 Å². The van der Waals surface area contributed by atoms with Crippen molar-refractivity contribution in [3.05, 3.63) is 132 Å². The Hall–Kier alpha value is -5.17. The van der Waals surface area contributed by atoms with E-state index in [1.165, 1.54) is 0 Å². The zero-order valence-corrected chi connectivity index (χ0v) is 22.2. The molecule has 200 valence electrons. The molecule has 7 nitrogen and oxygen atoms in total. The number of rotatable bonds is 11.